The maximum absolute atomic E-state index is 12.9. The highest BCUT2D eigenvalue weighted by atomic mass is 32.2. The Morgan fingerprint density at radius 3 is 2.06 bits per heavy atom. The lowest BCUT2D eigenvalue weighted by Crippen LogP contribution is -2.37. The highest BCUT2D eigenvalue weighted by Gasteiger charge is 2.32. The van der Waals surface area contributed by atoms with Gasteiger partial charge >= 0.3 is 0 Å². The smallest absolute Gasteiger partial charge is 0.243 e. The Hall–Kier alpha value is -3.11. The summed E-state index contributed by atoms with van der Waals surface area (Å²) in [5, 5.41) is 4.10. The van der Waals surface area contributed by atoms with Gasteiger partial charge in [0.15, 0.2) is 0 Å². The number of benzene rings is 2. The first-order valence-corrected chi connectivity index (χ1v) is 11.6. The van der Waals surface area contributed by atoms with Crippen LogP contribution < -0.4 is 14.2 Å². The highest BCUT2D eigenvalue weighted by Crippen LogP contribution is 2.33. The lowest BCUT2D eigenvalue weighted by atomic mass is 9.98. The number of rotatable bonds is 7. The third kappa shape index (κ3) is 4.42. The van der Waals surface area contributed by atoms with Crippen LogP contribution in [-0.2, 0) is 10.0 Å². The van der Waals surface area contributed by atoms with Crippen molar-refractivity contribution in [1.82, 2.24) is 14.4 Å². The Morgan fingerprint density at radius 1 is 0.906 bits per heavy atom. The van der Waals surface area contributed by atoms with Gasteiger partial charge in [-0.2, -0.15) is 9.29 Å². The quantitative estimate of drug-likeness (QED) is 0.530. The zero-order valence-corrected chi connectivity index (χ0v) is 19.0. The minimum absolute atomic E-state index is 0.00827. The molecule has 2 heterocycles. The number of hydrogen-bond acceptors (Lipinski definition) is 8. The second-order valence-corrected chi connectivity index (χ2v) is 9.35. The van der Waals surface area contributed by atoms with Crippen LogP contribution in [0, 0.1) is 0 Å². The largest absolute Gasteiger partial charge is 0.497 e. The van der Waals surface area contributed by atoms with Crippen LogP contribution in [0.1, 0.15) is 24.7 Å². The molecule has 4 rings (SSSR count). The molecule has 1 aromatic heterocycles. The lowest BCUT2D eigenvalue weighted by Gasteiger charge is -2.29. The van der Waals surface area contributed by atoms with E-state index in [1.54, 1.807) is 63.8 Å². The molecular formula is C22H25N3O6S. The number of sulfonamides is 1. The van der Waals surface area contributed by atoms with E-state index in [0.717, 1.165) is 5.56 Å². The van der Waals surface area contributed by atoms with Crippen molar-refractivity contribution in [2.24, 2.45) is 0 Å². The third-order valence-electron chi connectivity index (χ3n) is 5.55. The molecule has 2 aromatic carbocycles. The second-order valence-electron chi connectivity index (χ2n) is 7.41. The van der Waals surface area contributed by atoms with E-state index in [0.29, 0.717) is 54.9 Å². The molecule has 0 saturated carbocycles. The van der Waals surface area contributed by atoms with Crippen LogP contribution in [-0.4, -0.2) is 57.3 Å². The first kappa shape index (κ1) is 22.1. The summed E-state index contributed by atoms with van der Waals surface area (Å²) in [6.07, 6.45) is 1.19. The fraction of sp³-hybridized carbons (Fsp3) is 0.364. The Kier molecular flexibility index (Phi) is 6.33. The van der Waals surface area contributed by atoms with Crippen molar-refractivity contribution >= 4 is 10.0 Å². The third-order valence-corrected chi connectivity index (χ3v) is 7.46. The van der Waals surface area contributed by atoms with Crippen LogP contribution in [0.4, 0.5) is 0 Å². The van der Waals surface area contributed by atoms with Crippen molar-refractivity contribution in [2.45, 2.75) is 23.7 Å². The van der Waals surface area contributed by atoms with Gasteiger partial charge < -0.3 is 18.7 Å². The van der Waals surface area contributed by atoms with E-state index in [1.807, 2.05) is 0 Å². The highest BCUT2D eigenvalue weighted by molar-refractivity contribution is 7.89. The minimum Gasteiger partial charge on any atom is -0.497 e. The molecule has 1 fully saturated rings. The molecule has 1 aliphatic heterocycles. The van der Waals surface area contributed by atoms with Crippen LogP contribution in [0.3, 0.4) is 0 Å². The summed E-state index contributed by atoms with van der Waals surface area (Å²) >= 11 is 0. The summed E-state index contributed by atoms with van der Waals surface area (Å²) in [6, 6.07) is 11.8. The van der Waals surface area contributed by atoms with E-state index in [1.165, 1.54) is 4.31 Å². The van der Waals surface area contributed by atoms with Crippen LogP contribution in [0.2, 0.25) is 0 Å². The average Bonchev–Trinajstić information content (AvgIpc) is 3.34. The molecule has 32 heavy (non-hydrogen) atoms. The normalized spacial score (nSPS) is 15.5. The standard InChI is InChI=1S/C22H25N3O6S/c1-28-17-4-6-20(7-5-17)32(26,27)25-10-8-15(9-11-25)22-23-21(24-31-22)16-12-18(29-2)14-19(13-16)30-3/h4-7,12-15H,8-11H2,1-3H3. The average molecular weight is 460 g/mol. The molecule has 0 spiro atoms. The zero-order chi connectivity index (χ0) is 22.7. The predicted octanol–water partition coefficient (Wildman–Crippen LogP) is 3.33. The van der Waals surface area contributed by atoms with Gasteiger partial charge in [0.2, 0.25) is 21.7 Å². The van der Waals surface area contributed by atoms with Crippen molar-refractivity contribution in [3.8, 4) is 28.6 Å². The Labute approximate surface area is 187 Å². The van der Waals surface area contributed by atoms with Gasteiger partial charge in [-0.15, -0.1) is 0 Å². The fourth-order valence-electron chi connectivity index (χ4n) is 3.69. The molecule has 0 N–H and O–H groups in total. The molecule has 0 aliphatic carbocycles. The van der Waals surface area contributed by atoms with Crippen molar-refractivity contribution < 1.29 is 27.2 Å². The van der Waals surface area contributed by atoms with Gasteiger partial charge in [0.1, 0.15) is 17.2 Å². The van der Waals surface area contributed by atoms with E-state index in [4.69, 9.17) is 18.7 Å². The molecule has 1 saturated heterocycles. The molecule has 0 amide bonds. The van der Waals surface area contributed by atoms with Crippen molar-refractivity contribution in [1.29, 1.82) is 0 Å². The maximum Gasteiger partial charge on any atom is 0.243 e. The maximum atomic E-state index is 12.9. The predicted molar refractivity (Wildman–Crippen MR) is 117 cm³/mol. The monoisotopic (exact) mass is 459 g/mol. The summed E-state index contributed by atoms with van der Waals surface area (Å²) in [7, 11) is 1.14. The van der Waals surface area contributed by atoms with E-state index in [9.17, 15) is 8.42 Å². The number of ether oxygens (including phenoxy) is 3. The molecule has 9 nitrogen and oxygen atoms in total. The Bertz CT molecular complexity index is 1150. The molecule has 3 aromatic rings. The van der Waals surface area contributed by atoms with Crippen molar-refractivity contribution in [3.05, 3.63) is 48.4 Å². The second kappa shape index (κ2) is 9.17. The summed E-state index contributed by atoms with van der Waals surface area (Å²) < 4.78 is 48.6. The van der Waals surface area contributed by atoms with E-state index < -0.39 is 10.0 Å². The minimum atomic E-state index is -3.56. The molecule has 170 valence electrons. The number of aromatic nitrogens is 2. The van der Waals surface area contributed by atoms with Crippen molar-refractivity contribution in [3.63, 3.8) is 0 Å². The van der Waals surface area contributed by atoms with Crippen LogP contribution in [0.5, 0.6) is 17.2 Å². The number of methoxy groups -OCH3 is 3. The topological polar surface area (TPSA) is 104 Å². The lowest BCUT2D eigenvalue weighted by molar-refractivity contribution is 0.270. The molecule has 10 heteroatoms. The SMILES string of the molecule is COc1ccc(S(=O)(=O)N2CCC(c3nc(-c4cc(OC)cc(OC)c4)no3)CC2)cc1. The van der Waals surface area contributed by atoms with Gasteiger partial charge in [-0.25, -0.2) is 8.42 Å². The number of piperidine rings is 1. The van der Waals surface area contributed by atoms with Gasteiger partial charge in [-0.05, 0) is 49.2 Å². The van der Waals surface area contributed by atoms with Crippen LogP contribution in [0.15, 0.2) is 51.9 Å². The summed E-state index contributed by atoms with van der Waals surface area (Å²) in [4.78, 5) is 4.80. The summed E-state index contributed by atoms with van der Waals surface area (Å²) in [6.45, 7) is 0.757. The fourth-order valence-corrected chi connectivity index (χ4v) is 5.16. The van der Waals surface area contributed by atoms with Gasteiger partial charge in [0.05, 0.1) is 26.2 Å². The van der Waals surface area contributed by atoms with Gasteiger partial charge in [0, 0.05) is 30.6 Å². The van der Waals surface area contributed by atoms with Crippen LogP contribution in [0.25, 0.3) is 11.4 Å². The Balaban J connectivity index is 1.45. The van der Waals surface area contributed by atoms with Crippen molar-refractivity contribution in [2.75, 3.05) is 34.4 Å². The summed E-state index contributed by atoms with van der Waals surface area (Å²) in [5.74, 6) is 2.80. The summed E-state index contributed by atoms with van der Waals surface area (Å²) in [5.41, 5.74) is 0.718. The number of nitrogens with zero attached hydrogens (tertiary/aromatic N) is 3. The Morgan fingerprint density at radius 2 is 1.50 bits per heavy atom. The van der Waals surface area contributed by atoms with Gasteiger partial charge in [0.25, 0.3) is 0 Å². The van der Waals surface area contributed by atoms with Gasteiger partial charge in [-0.1, -0.05) is 5.16 Å². The number of hydrogen-bond donors (Lipinski definition) is 0. The molecule has 0 atom stereocenters. The first-order valence-electron chi connectivity index (χ1n) is 10.2. The molecule has 0 unspecified atom stereocenters. The van der Waals surface area contributed by atoms with E-state index >= 15 is 0 Å². The van der Waals surface area contributed by atoms with Crippen LogP contribution >= 0.6 is 0 Å². The van der Waals surface area contributed by atoms with E-state index in [2.05, 4.69) is 10.1 Å². The molecule has 0 bridgehead atoms. The molecular weight excluding hydrogens is 434 g/mol. The zero-order valence-electron chi connectivity index (χ0n) is 18.1. The molecule has 0 radical (unpaired) electrons. The molecule has 1 aliphatic rings. The van der Waals surface area contributed by atoms with Gasteiger partial charge in [-0.3, -0.25) is 0 Å². The van der Waals surface area contributed by atoms with E-state index in [-0.39, 0.29) is 10.8 Å². The first-order chi connectivity index (χ1) is 15.4.